The summed E-state index contributed by atoms with van der Waals surface area (Å²) in [6.45, 7) is 0.176. The smallest absolute Gasteiger partial charge is 0.490 e. The van der Waals surface area contributed by atoms with Gasteiger partial charge in [-0.15, -0.1) is 0 Å². The van der Waals surface area contributed by atoms with Crippen molar-refractivity contribution < 1.29 is 42.1 Å². The molecule has 0 saturated heterocycles. The molecule has 2 heterocycles. The molecule has 38 heavy (non-hydrogen) atoms. The van der Waals surface area contributed by atoms with Crippen LogP contribution < -0.4 is 14.8 Å². The average molecular weight is 534 g/mol. The molecule has 0 saturated carbocycles. The van der Waals surface area contributed by atoms with E-state index in [0.29, 0.717) is 24.5 Å². The third-order valence-electron chi connectivity index (χ3n) is 5.41. The molecule has 4 rings (SSSR count). The van der Waals surface area contributed by atoms with Crippen LogP contribution in [-0.2, 0) is 20.8 Å². The Morgan fingerprint density at radius 2 is 1.89 bits per heavy atom. The van der Waals surface area contributed by atoms with Crippen molar-refractivity contribution in [3.8, 4) is 22.6 Å². The Balaban J connectivity index is 0.000000505. The van der Waals surface area contributed by atoms with Gasteiger partial charge in [0, 0.05) is 25.9 Å². The van der Waals surface area contributed by atoms with Crippen LogP contribution in [0.4, 0.5) is 18.9 Å². The Bertz CT molecular complexity index is 1280. The number of halogens is 3. The highest BCUT2D eigenvalue weighted by molar-refractivity contribution is 5.95. The lowest BCUT2D eigenvalue weighted by molar-refractivity contribution is -0.192. The molecule has 0 spiro atoms. The normalized spacial score (nSPS) is 14.2. The summed E-state index contributed by atoms with van der Waals surface area (Å²) in [5, 5.41) is 16.8. The first-order valence-corrected chi connectivity index (χ1v) is 11.2. The highest BCUT2D eigenvalue weighted by Gasteiger charge is 2.38. The van der Waals surface area contributed by atoms with E-state index < -0.39 is 12.1 Å². The number of ether oxygens (including phenoxy) is 2. The summed E-state index contributed by atoms with van der Waals surface area (Å²) >= 11 is 0. The molecule has 1 atom stereocenters. The molecule has 3 N–H and O–H groups in total. The zero-order chi connectivity index (χ0) is 27.9. The van der Waals surface area contributed by atoms with Crippen molar-refractivity contribution in [1.29, 1.82) is 0 Å². The van der Waals surface area contributed by atoms with Gasteiger partial charge in [0.1, 0.15) is 18.1 Å². The van der Waals surface area contributed by atoms with Crippen LogP contribution in [0, 0.1) is 5.92 Å². The Morgan fingerprint density at radius 3 is 2.53 bits per heavy atom. The van der Waals surface area contributed by atoms with Crippen molar-refractivity contribution >= 4 is 23.5 Å². The summed E-state index contributed by atoms with van der Waals surface area (Å²) in [6.07, 6.45) is -1.03. The van der Waals surface area contributed by atoms with E-state index in [-0.39, 0.29) is 24.3 Å². The van der Waals surface area contributed by atoms with E-state index in [1.165, 1.54) is 4.90 Å². The third kappa shape index (κ3) is 7.48. The molecule has 0 aliphatic carbocycles. The van der Waals surface area contributed by atoms with Crippen molar-refractivity contribution in [3.63, 3.8) is 0 Å². The van der Waals surface area contributed by atoms with Gasteiger partial charge in [0.25, 0.3) is 5.91 Å². The van der Waals surface area contributed by atoms with Crippen molar-refractivity contribution in [2.45, 2.75) is 12.6 Å². The summed E-state index contributed by atoms with van der Waals surface area (Å²) in [4.78, 5) is 35.3. The van der Waals surface area contributed by atoms with E-state index in [4.69, 9.17) is 19.4 Å². The molecular weight excluding hydrogens is 509 g/mol. The first-order valence-electron chi connectivity index (χ1n) is 11.2. The number of anilines is 1. The summed E-state index contributed by atoms with van der Waals surface area (Å²) in [5.41, 5.74) is 3.24. The second-order valence-corrected chi connectivity index (χ2v) is 8.39. The molecule has 1 aromatic heterocycles. The average Bonchev–Trinajstić information content (AvgIpc) is 3.42. The number of aromatic nitrogens is 2. The summed E-state index contributed by atoms with van der Waals surface area (Å²) < 4.78 is 43.3. The number of likely N-dealkylation sites (N-methyl/N-ethyl adjacent to an activating group) is 1. The molecule has 0 bridgehead atoms. The number of benzene rings is 2. The number of fused-ring (bicyclic) bond motifs is 1. The topological polar surface area (TPSA) is 134 Å². The van der Waals surface area contributed by atoms with Gasteiger partial charge < -0.3 is 24.8 Å². The number of amides is 2. The predicted octanol–water partition coefficient (Wildman–Crippen LogP) is 3.37. The second-order valence-electron chi connectivity index (χ2n) is 8.39. The molecular formula is C25H25F3N4O6. The number of nitrogens with zero attached hydrogens (tertiary/aromatic N) is 2. The van der Waals surface area contributed by atoms with Gasteiger partial charge in [-0.25, -0.2) is 4.79 Å². The zero-order valence-electron chi connectivity index (χ0n) is 20.4. The van der Waals surface area contributed by atoms with Crippen LogP contribution in [0.15, 0.2) is 54.9 Å². The number of rotatable bonds is 6. The van der Waals surface area contributed by atoms with E-state index in [9.17, 15) is 22.8 Å². The van der Waals surface area contributed by atoms with Gasteiger partial charge in [0.2, 0.25) is 5.91 Å². The minimum absolute atomic E-state index is 0.134. The van der Waals surface area contributed by atoms with Crippen LogP contribution in [0.3, 0.4) is 0 Å². The minimum Gasteiger partial charge on any atom is -0.492 e. The number of carboxylic acid groups (broad SMARTS) is 1. The third-order valence-corrected chi connectivity index (χ3v) is 5.41. The van der Waals surface area contributed by atoms with Crippen molar-refractivity contribution in [2.24, 2.45) is 5.92 Å². The molecule has 202 valence electrons. The Hall–Kier alpha value is -4.55. The fourth-order valence-electron chi connectivity index (χ4n) is 3.33. The Labute approximate surface area is 215 Å². The van der Waals surface area contributed by atoms with E-state index in [1.54, 1.807) is 38.6 Å². The van der Waals surface area contributed by atoms with E-state index in [1.807, 2.05) is 30.3 Å². The SMILES string of the molecule is CN(C)C(=O)COc1cc(-c2cn[nH]c2)ccc1NC(=O)C1COc2ccccc2C1.O=C(O)C(F)(F)F. The standard InChI is InChI=1S/C23H24N4O4.C2HF3O2/c1-27(2)22(28)14-31-21-10-15(18-11-24-25-12-18)7-8-19(21)26-23(29)17-9-16-5-3-4-6-20(16)30-13-17;3-2(4,5)1(6)7/h3-8,10-12,17H,9,13-14H2,1-2H3,(H,24,25)(H,26,29);(H,6,7). The Kier molecular flexibility index (Phi) is 8.94. The van der Waals surface area contributed by atoms with Crippen LogP contribution in [-0.4, -0.2) is 71.5 Å². The second kappa shape index (κ2) is 12.1. The number of H-pyrrole nitrogens is 1. The predicted molar refractivity (Wildman–Crippen MR) is 130 cm³/mol. The summed E-state index contributed by atoms with van der Waals surface area (Å²) in [7, 11) is 3.33. The monoisotopic (exact) mass is 534 g/mol. The van der Waals surface area contributed by atoms with Gasteiger partial charge in [-0.3, -0.25) is 14.7 Å². The number of carboxylic acids is 1. The molecule has 13 heteroatoms. The summed E-state index contributed by atoms with van der Waals surface area (Å²) in [5.74, 6) is -2.17. The first-order chi connectivity index (χ1) is 18.0. The van der Waals surface area contributed by atoms with Crippen LogP contribution >= 0.6 is 0 Å². The van der Waals surface area contributed by atoms with Gasteiger partial charge in [0.15, 0.2) is 6.61 Å². The largest absolute Gasteiger partial charge is 0.492 e. The maximum absolute atomic E-state index is 13.0. The number of alkyl halides is 3. The molecule has 3 aromatic rings. The van der Waals surface area contributed by atoms with Gasteiger partial charge in [0.05, 0.1) is 17.8 Å². The lowest BCUT2D eigenvalue weighted by Crippen LogP contribution is -2.33. The maximum atomic E-state index is 13.0. The number of carbonyl (C=O) groups excluding carboxylic acids is 2. The van der Waals surface area contributed by atoms with Crippen molar-refractivity contribution in [3.05, 3.63) is 60.4 Å². The Morgan fingerprint density at radius 1 is 1.18 bits per heavy atom. The molecule has 10 nitrogen and oxygen atoms in total. The number of aromatic amines is 1. The maximum Gasteiger partial charge on any atom is 0.490 e. The highest BCUT2D eigenvalue weighted by Crippen LogP contribution is 2.32. The number of aliphatic carboxylic acids is 1. The summed E-state index contributed by atoms with van der Waals surface area (Å²) in [6, 6.07) is 13.2. The first kappa shape index (κ1) is 28.0. The fraction of sp³-hybridized carbons (Fsp3) is 0.280. The molecule has 2 aromatic carbocycles. The number of para-hydroxylation sites is 1. The van der Waals surface area contributed by atoms with Crippen molar-refractivity contribution in [1.82, 2.24) is 15.1 Å². The van der Waals surface area contributed by atoms with E-state index in [2.05, 4.69) is 15.5 Å². The van der Waals surface area contributed by atoms with Crippen LogP contribution in [0.5, 0.6) is 11.5 Å². The van der Waals surface area contributed by atoms with Crippen LogP contribution in [0.1, 0.15) is 5.56 Å². The lowest BCUT2D eigenvalue weighted by atomic mass is 9.96. The highest BCUT2D eigenvalue weighted by atomic mass is 19.4. The van der Waals surface area contributed by atoms with E-state index in [0.717, 1.165) is 22.4 Å². The quantitative estimate of drug-likeness (QED) is 0.442. The fourth-order valence-corrected chi connectivity index (χ4v) is 3.33. The zero-order valence-corrected chi connectivity index (χ0v) is 20.4. The number of nitrogens with one attached hydrogen (secondary N) is 2. The van der Waals surface area contributed by atoms with E-state index >= 15 is 0 Å². The van der Waals surface area contributed by atoms with Crippen LogP contribution in [0.25, 0.3) is 11.1 Å². The van der Waals surface area contributed by atoms with Crippen molar-refractivity contribution in [2.75, 3.05) is 32.6 Å². The molecule has 1 aliphatic rings. The molecule has 1 aliphatic heterocycles. The number of carbonyl (C=O) groups is 3. The number of hydrogen-bond donors (Lipinski definition) is 3. The van der Waals surface area contributed by atoms with Gasteiger partial charge in [-0.1, -0.05) is 24.3 Å². The number of hydrogen-bond acceptors (Lipinski definition) is 6. The van der Waals surface area contributed by atoms with Gasteiger partial charge in [-0.2, -0.15) is 18.3 Å². The molecule has 0 radical (unpaired) electrons. The van der Waals surface area contributed by atoms with Gasteiger partial charge >= 0.3 is 12.1 Å². The van der Waals surface area contributed by atoms with Crippen LogP contribution in [0.2, 0.25) is 0 Å². The molecule has 2 amide bonds. The van der Waals surface area contributed by atoms with Gasteiger partial charge in [-0.05, 0) is 35.7 Å². The molecule has 1 unspecified atom stereocenters. The lowest BCUT2D eigenvalue weighted by Gasteiger charge is -2.25. The minimum atomic E-state index is -5.08. The molecule has 0 fully saturated rings.